The maximum atomic E-state index is 14.4. The number of benzene rings is 1. The van der Waals surface area contributed by atoms with E-state index in [0.717, 1.165) is 12.1 Å². The standard InChI is InChI=1S/C22H20FN3O3/c1-3-20(27)26-8-7-13(12-26)17-9-14-11-24-18(10-15(14)22(28)25-17)21-16(23)5-4-6-19(21)29-2/h3-6,9-11,13H,1,7-8,12H2,2H3,(H,25,28). The van der Waals surface area contributed by atoms with Gasteiger partial charge in [0.1, 0.15) is 11.6 Å². The average Bonchev–Trinajstić information content (AvgIpc) is 3.23. The molecule has 1 saturated heterocycles. The molecule has 0 bridgehead atoms. The maximum Gasteiger partial charge on any atom is 0.256 e. The van der Waals surface area contributed by atoms with Gasteiger partial charge in [0, 0.05) is 36.3 Å². The van der Waals surface area contributed by atoms with Gasteiger partial charge in [0.25, 0.3) is 5.56 Å². The maximum absolute atomic E-state index is 14.4. The molecule has 6 nitrogen and oxygen atoms in total. The van der Waals surface area contributed by atoms with Gasteiger partial charge in [-0.1, -0.05) is 12.6 Å². The number of hydrogen-bond acceptors (Lipinski definition) is 4. The number of fused-ring (bicyclic) bond motifs is 1. The Bertz CT molecular complexity index is 1170. The number of nitrogens with zero attached hydrogens (tertiary/aromatic N) is 2. The van der Waals surface area contributed by atoms with Crippen molar-refractivity contribution in [3.8, 4) is 17.0 Å². The molecule has 1 aliphatic heterocycles. The van der Waals surface area contributed by atoms with Gasteiger partial charge in [-0.15, -0.1) is 0 Å². The van der Waals surface area contributed by atoms with Gasteiger partial charge in [-0.2, -0.15) is 0 Å². The molecule has 0 spiro atoms. The minimum atomic E-state index is -0.470. The van der Waals surface area contributed by atoms with Crippen molar-refractivity contribution in [1.82, 2.24) is 14.9 Å². The Morgan fingerprint density at radius 2 is 2.24 bits per heavy atom. The molecule has 1 amide bonds. The molecule has 2 aromatic heterocycles. The highest BCUT2D eigenvalue weighted by Crippen LogP contribution is 2.33. The summed E-state index contributed by atoms with van der Waals surface area (Å²) in [7, 11) is 1.46. The molecule has 1 aromatic carbocycles. The van der Waals surface area contributed by atoms with Crippen molar-refractivity contribution in [1.29, 1.82) is 0 Å². The highest BCUT2D eigenvalue weighted by molar-refractivity contribution is 5.87. The average molecular weight is 393 g/mol. The summed E-state index contributed by atoms with van der Waals surface area (Å²) in [4.78, 5) is 33.5. The van der Waals surface area contributed by atoms with Crippen molar-refractivity contribution in [2.45, 2.75) is 12.3 Å². The molecule has 1 atom stereocenters. The lowest BCUT2D eigenvalue weighted by molar-refractivity contribution is -0.125. The van der Waals surface area contributed by atoms with E-state index >= 15 is 0 Å². The summed E-state index contributed by atoms with van der Waals surface area (Å²) < 4.78 is 19.6. The Labute approximate surface area is 166 Å². The molecular formula is C22H20FN3O3. The molecule has 1 fully saturated rings. The van der Waals surface area contributed by atoms with E-state index in [1.807, 2.05) is 6.07 Å². The minimum Gasteiger partial charge on any atom is -0.496 e. The molecule has 4 rings (SSSR count). The Balaban J connectivity index is 1.73. The molecular weight excluding hydrogens is 373 g/mol. The quantitative estimate of drug-likeness (QED) is 0.691. The number of methoxy groups -OCH3 is 1. The lowest BCUT2D eigenvalue weighted by Gasteiger charge is -2.15. The number of pyridine rings is 2. The molecule has 3 heterocycles. The fraction of sp³-hybridized carbons (Fsp3) is 0.227. The van der Waals surface area contributed by atoms with E-state index in [9.17, 15) is 14.0 Å². The van der Waals surface area contributed by atoms with Crippen LogP contribution in [0, 0.1) is 5.82 Å². The normalized spacial score (nSPS) is 16.2. The predicted octanol–water partition coefficient (Wildman–Crippen LogP) is 3.24. The van der Waals surface area contributed by atoms with E-state index in [2.05, 4.69) is 16.5 Å². The number of H-pyrrole nitrogens is 1. The molecule has 1 unspecified atom stereocenters. The summed E-state index contributed by atoms with van der Waals surface area (Å²) in [5.74, 6) is -0.187. The van der Waals surface area contributed by atoms with Gasteiger partial charge in [0.05, 0.1) is 23.8 Å². The van der Waals surface area contributed by atoms with E-state index in [1.165, 1.54) is 19.3 Å². The molecule has 0 radical (unpaired) electrons. The highest BCUT2D eigenvalue weighted by atomic mass is 19.1. The zero-order valence-corrected chi connectivity index (χ0v) is 15.9. The first-order chi connectivity index (χ1) is 14.0. The third-order valence-electron chi connectivity index (χ3n) is 5.31. The number of nitrogens with one attached hydrogen (secondary N) is 1. The second kappa shape index (κ2) is 7.50. The van der Waals surface area contributed by atoms with Gasteiger partial charge in [-0.3, -0.25) is 14.6 Å². The lowest BCUT2D eigenvalue weighted by atomic mass is 10.0. The van der Waals surface area contributed by atoms with Crippen LogP contribution in [0.3, 0.4) is 0 Å². The Morgan fingerprint density at radius 3 is 3.00 bits per heavy atom. The van der Waals surface area contributed by atoms with E-state index in [-0.39, 0.29) is 22.9 Å². The van der Waals surface area contributed by atoms with Crippen LogP contribution < -0.4 is 10.3 Å². The molecule has 0 aliphatic carbocycles. The third-order valence-corrected chi connectivity index (χ3v) is 5.31. The number of carbonyl (C=O) groups excluding carboxylic acids is 1. The first-order valence-electron chi connectivity index (χ1n) is 9.29. The fourth-order valence-corrected chi connectivity index (χ4v) is 3.80. The molecule has 3 aromatic rings. The van der Waals surface area contributed by atoms with Gasteiger partial charge in [0.2, 0.25) is 5.91 Å². The number of rotatable bonds is 4. The molecule has 148 valence electrons. The summed E-state index contributed by atoms with van der Waals surface area (Å²) in [6, 6.07) is 7.97. The molecule has 1 aliphatic rings. The van der Waals surface area contributed by atoms with Crippen LogP contribution in [0.4, 0.5) is 4.39 Å². The van der Waals surface area contributed by atoms with Crippen LogP contribution >= 0.6 is 0 Å². The molecule has 0 saturated carbocycles. The number of halogens is 1. The third kappa shape index (κ3) is 3.40. The van der Waals surface area contributed by atoms with Gasteiger partial charge in [-0.25, -0.2) is 4.39 Å². The lowest BCUT2D eigenvalue weighted by Crippen LogP contribution is -2.26. The van der Waals surface area contributed by atoms with Crippen molar-refractivity contribution >= 4 is 16.7 Å². The Morgan fingerprint density at radius 1 is 1.41 bits per heavy atom. The summed E-state index contributed by atoms with van der Waals surface area (Å²) in [6.45, 7) is 4.67. The minimum absolute atomic E-state index is 0.0438. The van der Waals surface area contributed by atoms with Gasteiger partial charge in [0.15, 0.2) is 0 Å². The van der Waals surface area contributed by atoms with Crippen molar-refractivity contribution < 1.29 is 13.9 Å². The number of hydrogen-bond donors (Lipinski definition) is 1. The number of aromatic amines is 1. The fourth-order valence-electron chi connectivity index (χ4n) is 3.80. The van der Waals surface area contributed by atoms with Gasteiger partial charge < -0.3 is 14.6 Å². The van der Waals surface area contributed by atoms with Crippen molar-refractivity contribution in [2.75, 3.05) is 20.2 Å². The van der Waals surface area contributed by atoms with Crippen LogP contribution in [-0.4, -0.2) is 41.0 Å². The van der Waals surface area contributed by atoms with E-state index in [0.29, 0.717) is 35.3 Å². The molecule has 29 heavy (non-hydrogen) atoms. The second-order valence-electron chi connectivity index (χ2n) is 7.00. The largest absolute Gasteiger partial charge is 0.496 e. The van der Waals surface area contributed by atoms with E-state index in [1.54, 1.807) is 29.3 Å². The number of amides is 1. The summed E-state index contributed by atoms with van der Waals surface area (Å²) in [5, 5.41) is 1.08. The zero-order chi connectivity index (χ0) is 20.5. The van der Waals surface area contributed by atoms with Crippen molar-refractivity contribution in [3.05, 3.63) is 71.0 Å². The first kappa shape index (κ1) is 18.9. The smallest absolute Gasteiger partial charge is 0.256 e. The van der Waals surface area contributed by atoms with E-state index < -0.39 is 5.82 Å². The highest BCUT2D eigenvalue weighted by Gasteiger charge is 2.27. The van der Waals surface area contributed by atoms with Crippen LogP contribution in [0.2, 0.25) is 0 Å². The Kier molecular flexibility index (Phi) is 4.88. The van der Waals surface area contributed by atoms with Gasteiger partial charge >= 0.3 is 0 Å². The summed E-state index contributed by atoms with van der Waals surface area (Å²) in [5.41, 5.74) is 1.04. The van der Waals surface area contributed by atoms with Crippen LogP contribution in [0.15, 0.2) is 54.0 Å². The molecule has 7 heteroatoms. The van der Waals surface area contributed by atoms with Crippen LogP contribution in [0.1, 0.15) is 18.0 Å². The van der Waals surface area contributed by atoms with Gasteiger partial charge in [-0.05, 0) is 36.8 Å². The topological polar surface area (TPSA) is 75.3 Å². The summed E-state index contributed by atoms with van der Waals surface area (Å²) >= 11 is 0. The number of likely N-dealkylation sites (tertiary alicyclic amines) is 1. The second-order valence-corrected chi connectivity index (χ2v) is 7.00. The van der Waals surface area contributed by atoms with Crippen molar-refractivity contribution in [3.63, 3.8) is 0 Å². The van der Waals surface area contributed by atoms with Crippen LogP contribution in [0.5, 0.6) is 5.75 Å². The first-order valence-corrected chi connectivity index (χ1v) is 9.29. The van der Waals surface area contributed by atoms with Crippen LogP contribution in [0.25, 0.3) is 22.0 Å². The number of carbonyl (C=O) groups is 1. The monoisotopic (exact) mass is 393 g/mol. The number of aromatic nitrogens is 2. The van der Waals surface area contributed by atoms with Crippen molar-refractivity contribution in [2.24, 2.45) is 0 Å². The SMILES string of the molecule is C=CC(=O)N1CCC(c2cc3cnc(-c4c(F)cccc4OC)cc3c(=O)[nH]2)C1. The number of ether oxygens (including phenoxy) is 1. The zero-order valence-electron chi connectivity index (χ0n) is 15.9. The predicted molar refractivity (Wildman–Crippen MR) is 108 cm³/mol. The van der Waals surface area contributed by atoms with Crippen LogP contribution in [-0.2, 0) is 4.79 Å². The molecule has 1 N–H and O–H groups in total. The Hall–Kier alpha value is -3.48. The summed E-state index contributed by atoms with van der Waals surface area (Å²) in [6.07, 6.45) is 3.63. The van der Waals surface area contributed by atoms with E-state index in [4.69, 9.17) is 4.74 Å².